The molecule has 1 atom stereocenters. The fraction of sp³-hybridized carbons (Fsp3) is 0.545. The number of aromatic nitrogens is 1. The molecule has 1 aromatic rings. The molecular formula is C11H16N4O3. The Balaban J connectivity index is 1.95. The number of anilines is 1. The molecule has 0 aliphatic carbocycles. The normalized spacial score (nSPS) is 19.5. The second-order valence-electron chi connectivity index (χ2n) is 4.21. The summed E-state index contributed by atoms with van der Waals surface area (Å²) in [7, 11) is 1.89. The summed E-state index contributed by atoms with van der Waals surface area (Å²) in [5.41, 5.74) is 0.00253. The molecule has 1 aliphatic rings. The van der Waals surface area contributed by atoms with Gasteiger partial charge in [-0.3, -0.25) is 10.1 Å². The Labute approximate surface area is 105 Å². The van der Waals surface area contributed by atoms with E-state index in [2.05, 4.69) is 10.3 Å². The highest BCUT2D eigenvalue weighted by molar-refractivity contribution is 5.42. The molecule has 0 saturated carbocycles. The maximum absolute atomic E-state index is 10.5. The third kappa shape index (κ3) is 3.14. The standard InChI is InChI=1S/C11H16N4O3/c1-14(8-10-7-12-4-5-18-10)11-3-2-9(6-13-11)15(16)17/h2-3,6,10,12H,4-5,7-8H2,1H3. The molecule has 0 spiro atoms. The maximum Gasteiger partial charge on any atom is 0.287 e. The molecule has 0 aromatic carbocycles. The Morgan fingerprint density at radius 1 is 1.67 bits per heavy atom. The van der Waals surface area contributed by atoms with E-state index in [-0.39, 0.29) is 11.8 Å². The quantitative estimate of drug-likeness (QED) is 0.617. The zero-order valence-corrected chi connectivity index (χ0v) is 10.2. The number of hydrogen-bond acceptors (Lipinski definition) is 6. The molecule has 7 nitrogen and oxygen atoms in total. The third-order valence-corrected chi connectivity index (χ3v) is 2.82. The van der Waals surface area contributed by atoms with E-state index in [1.54, 1.807) is 6.07 Å². The number of hydrogen-bond donors (Lipinski definition) is 1. The van der Waals surface area contributed by atoms with Gasteiger partial charge in [0.05, 0.1) is 17.6 Å². The lowest BCUT2D eigenvalue weighted by Crippen LogP contribution is -2.44. The van der Waals surface area contributed by atoms with Crippen LogP contribution in [0.5, 0.6) is 0 Å². The van der Waals surface area contributed by atoms with E-state index in [0.717, 1.165) is 13.1 Å². The van der Waals surface area contributed by atoms with Crippen molar-refractivity contribution in [1.82, 2.24) is 10.3 Å². The summed E-state index contributed by atoms with van der Waals surface area (Å²) in [4.78, 5) is 16.1. The second-order valence-corrected chi connectivity index (χ2v) is 4.21. The van der Waals surface area contributed by atoms with Crippen molar-refractivity contribution in [1.29, 1.82) is 0 Å². The number of morpholine rings is 1. The summed E-state index contributed by atoms with van der Waals surface area (Å²) in [5.74, 6) is 0.703. The SMILES string of the molecule is CN(CC1CNCCO1)c1ccc([N+](=O)[O-])cn1. The Hall–Kier alpha value is -1.73. The maximum atomic E-state index is 10.5. The molecule has 98 valence electrons. The number of ether oxygens (including phenoxy) is 1. The van der Waals surface area contributed by atoms with Gasteiger partial charge in [-0.1, -0.05) is 0 Å². The zero-order valence-electron chi connectivity index (χ0n) is 10.2. The van der Waals surface area contributed by atoms with Crippen molar-refractivity contribution in [2.45, 2.75) is 6.10 Å². The second kappa shape index (κ2) is 5.74. The summed E-state index contributed by atoms with van der Waals surface area (Å²) in [5, 5.41) is 13.8. The third-order valence-electron chi connectivity index (χ3n) is 2.82. The highest BCUT2D eigenvalue weighted by atomic mass is 16.6. The molecule has 0 amide bonds. The van der Waals surface area contributed by atoms with Gasteiger partial charge < -0.3 is 15.0 Å². The van der Waals surface area contributed by atoms with Gasteiger partial charge in [0.1, 0.15) is 12.0 Å². The van der Waals surface area contributed by atoms with Crippen LogP contribution in [-0.4, -0.2) is 49.3 Å². The van der Waals surface area contributed by atoms with Crippen LogP contribution in [0.1, 0.15) is 0 Å². The molecule has 1 saturated heterocycles. The minimum Gasteiger partial charge on any atom is -0.374 e. The molecule has 0 bridgehead atoms. The molecule has 1 aliphatic heterocycles. The minimum absolute atomic E-state index is 0.00253. The van der Waals surface area contributed by atoms with Crippen molar-refractivity contribution in [3.05, 3.63) is 28.4 Å². The van der Waals surface area contributed by atoms with Gasteiger partial charge in [-0.2, -0.15) is 0 Å². The van der Waals surface area contributed by atoms with E-state index < -0.39 is 4.92 Å². The molecule has 1 unspecified atom stereocenters. The Bertz CT molecular complexity index is 403. The molecule has 18 heavy (non-hydrogen) atoms. The number of nitrogens with one attached hydrogen (secondary N) is 1. The molecule has 1 fully saturated rings. The molecular weight excluding hydrogens is 236 g/mol. The Morgan fingerprint density at radius 2 is 2.50 bits per heavy atom. The van der Waals surface area contributed by atoms with Crippen LogP contribution in [0.2, 0.25) is 0 Å². The lowest BCUT2D eigenvalue weighted by atomic mass is 10.3. The van der Waals surface area contributed by atoms with Crippen LogP contribution in [0.15, 0.2) is 18.3 Å². The van der Waals surface area contributed by atoms with Gasteiger partial charge >= 0.3 is 0 Å². The van der Waals surface area contributed by atoms with E-state index in [4.69, 9.17) is 4.74 Å². The largest absolute Gasteiger partial charge is 0.374 e. The minimum atomic E-state index is -0.453. The predicted octanol–water partition coefficient (Wildman–Crippen LogP) is 0.414. The van der Waals surface area contributed by atoms with Gasteiger partial charge in [-0.25, -0.2) is 4.98 Å². The fourth-order valence-electron chi connectivity index (χ4n) is 1.85. The molecule has 1 aromatic heterocycles. The highest BCUT2D eigenvalue weighted by Crippen LogP contribution is 2.15. The predicted molar refractivity (Wildman–Crippen MR) is 66.8 cm³/mol. The first-order valence-corrected chi connectivity index (χ1v) is 5.80. The van der Waals surface area contributed by atoms with E-state index in [1.807, 2.05) is 11.9 Å². The first kappa shape index (κ1) is 12.7. The summed E-state index contributed by atoms with van der Waals surface area (Å²) in [6, 6.07) is 3.10. The number of rotatable bonds is 4. The first-order chi connectivity index (χ1) is 8.66. The van der Waals surface area contributed by atoms with Crippen LogP contribution < -0.4 is 10.2 Å². The van der Waals surface area contributed by atoms with Crippen LogP contribution in [0.25, 0.3) is 0 Å². The number of nitro groups is 1. The van der Waals surface area contributed by atoms with E-state index >= 15 is 0 Å². The lowest BCUT2D eigenvalue weighted by Gasteiger charge is -2.28. The molecule has 1 N–H and O–H groups in total. The van der Waals surface area contributed by atoms with Gasteiger partial charge in [-0.15, -0.1) is 0 Å². The average Bonchev–Trinajstić information content (AvgIpc) is 2.40. The monoisotopic (exact) mass is 252 g/mol. The molecule has 7 heteroatoms. The summed E-state index contributed by atoms with van der Waals surface area (Å²) in [6.45, 7) is 3.12. The first-order valence-electron chi connectivity index (χ1n) is 5.80. The van der Waals surface area contributed by atoms with Crippen LogP contribution in [-0.2, 0) is 4.74 Å². The van der Waals surface area contributed by atoms with Gasteiger partial charge in [0.15, 0.2) is 0 Å². The van der Waals surface area contributed by atoms with Gasteiger partial charge in [0.25, 0.3) is 5.69 Å². The summed E-state index contributed by atoms with van der Waals surface area (Å²) in [6.07, 6.45) is 1.40. The molecule has 2 rings (SSSR count). The molecule has 0 radical (unpaired) electrons. The smallest absolute Gasteiger partial charge is 0.287 e. The number of likely N-dealkylation sites (N-methyl/N-ethyl adjacent to an activating group) is 1. The van der Waals surface area contributed by atoms with Gasteiger partial charge in [0, 0.05) is 32.7 Å². The topological polar surface area (TPSA) is 80.5 Å². The van der Waals surface area contributed by atoms with Crippen molar-refractivity contribution in [2.75, 3.05) is 38.2 Å². The van der Waals surface area contributed by atoms with Gasteiger partial charge in [-0.05, 0) is 6.07 Å². The highest BCUT2D eigenvalue weighted by Gasteiger charge is 2.16. The van der Waals surface area contributed by atoms with E-state index in [1.165, 1.54) is 12.3 Å². The van der Waals surface area contributed by atoms with Gasteiger partial charge in [0.2, 0.25) is 0 Å². The number of nitrogens with zero attached hydrogens (tertiary/aromatic N) is 3. The van der Waals surface area contributed by atoms with Crippen LogP contribution in [0.4, 0.5) is 11.5 Å². The van der Waals surface area contributed by atoms with Crippen molar-refractivity contribution in [3.63, 3.8) is 0 Å². The molecule has 2 heterocycles. The number of pyridine rings is 1. The zero-order chi connectivity index (χ0) is 13.0. The average molecular weight is 252 g/mol. The Kier molecular flexibility index (Phi) is 4.06. The van der Waals surface area contributed by atoms with Crippen molar-refractivity contribution >= 4 is 11.5 Å². The van der Waals surface area contributed by atoms with Crippen LogP contribution >= 0.6 is 0 Å². The fourth-order valence-corrected chi connectivity index (χ4v) is 1.85. The van der Waals surface area contributed by atoms with Crippen molar-refractivity contribution in [2.24, 2.45) is 0 Å². The van der Waals surface area contributed by atoms with Crippen molar-refractivity contribution in [3.8, 4) is 0 Å². The van der Waals surface area contributed by atoms with E-state index in [9.17, 15) is 10.1 Å². The van der Waals surface area contributed by atoms with E-state index in [0.29, 0.717) is 19.0 Å². The summed E-state index contributed by atoms with van der Waals surface area (Å²) >= 11 is 0. The van der Waals surface area contributed by atoms with Crippen LogP contribution in [0, 0.1) is 10.1 Å². The Morgan fingerprint density at radius 3 is 3.06 bits per heavy atom. The van der Waals surface area contributed by atoms with Crippen LogP contribution in [0.3, 0.4) is 0 Å². The van der Waals surface area contributed by atoms with Crippen molar-refractivity contribution < 1.29 is 9.66 Å². The summed E-state index contributed by atoms with van der Waals surface area (Å²) < 4.78 is 5.59. The lowest BCUT2D eigenvalue weighted by molar-refractivity contribution is -0.385.